The van der Waals surface area contributed by atoms with Crippen LogP contribution in [0, 0.1) is 0 Å². The number of nitrogens with zero attached hydrogens (tertiary/aromatic N) is 3. The normalized spacial score (nSPS) is 18.7. The van der Waals surface area contributed by atoms with E-state index in [9.17, 15) is 92.2 Å². The van der Waals surface area contributed by atoms with Crippen molar-refractivity contribution in [3.05, 3.63) is 119 Å². The lowest BCUT2D eigenvalue weighted by molar-refractivity contribution is -0.437. The number of ether oxygens (including phenoxy) is 4. The van der Waals surface area contributed by atoms with Crippen LogP contribution in [0.25, 0.3) is 27.1 Å². The summed E-state index contributed by atoms with van der Waals surface area (Å²) in [5.41, 5.74) is -1.13. The maximum atomic E-state index is 14.3. The highest BCUT2D eigenvalue weighted by Crippen LogP contribution is 2.54. The van der Waals surface area contributed by atoms with Gasteiger partial charge in [-0.25, -0.2) is 13.2 Å². The van der Waals surface area contributed by atoms with Gasteiger partial charge in [-0.1, -0.05) is 25.1 Å². The third-order valence-corrected chi connectivity index (χ3v) is 21.3. The molecule has 29 nitrogen and oxygen atoms in total. The second-order valence-electron chi connectivity index (χ2n) is 23.0. The van der Waals surface area contributed by atoms with Crippen molar-refractivity contribution in [1.29, 1.82) is 0 Å². The molecule has 95 heavy (non-hydrogen) atoms. The molecule has 3 heterocycles. The minimum absolute atomic E-state index is 0.00873. The smallest absolute Gasteiger partial charge is 0.364 e. The number of hydrogen-bond acceptors (Lipinski definition) is 22. The Hall–Kier alpha value is -7.10. The Kier molecular flexibility index (Phi) is 22.1. The highest BCUT2D eigenvalue weighted by atomic mass is 32.2. The molecule has 5 aromatic rings. The lowest BCUT2D eigenvalue weighted by atomic mass is 9.74. The first-order valence-electron chi connectivity index (χ1n) is 29.2. The summed E-state index contributed by atoms with van der Waals surface area (Å²) in [5, 5.41) is 0.827. The predicted molar refractivity (Wildman–Crippen MR) is 343 cm³/mol. The van der Waals surface area contributed by atoms with E-state index < -0.39 is 153 Å². The number of carbonyl (C=O) groups excluding carboxylic acids is 3. The molecule has 0 spiro atoms. The zero-order valence-electron chi connectivity index (χ0n) is 51.8. The Morgan fingerprint density at radius 2 is 1.21 bits per heavy atom. The predicted octanol–water partition coefficient (Wildman–Crippen LogP) is 6.34. The number of anilines is 1. The number of hydrogen-bond donors (Lipinski definition) is 5. The maximum Gasteiger partial charge on any atom is 0.364 e. The minimum Gasteiger partial charge on any atom is -0.744 e. The van der Waals surface area contributed by atoms with Gasteiger partial charge < -0.3 is 33.2 Å². The van der Waals surface area contributed by atoms with Gasteiger partial charge in [0.05, 0.1) is 56.8 Å². The van der Waals surface area contributed by atoms with Crippen molar-refractivity contribution < 1.29 is 121 Å². The lowest BCUT2D eigenvalue weighted by Crippen LogP contribution is -2.33. The van der Waals surface area contributed by atoms with Gasteiger partial charge >= 0.3 is 5.97 Å². The van der Waals surface area contributed by atoms with Crippen LogP contribution in [-0.4, -0.2) is 182 Å². The van der Waals surface area contributed by atoms with E-state index >= 15 is 0 Å². The molecular weight excluding hydrogens is 1370 g/mol. The summed E-state index contributed by atoms with van der Waals surface area (Å²) in [6.07, 6.45) is 5.01. The Balaban J connectivity index is 1.52. The van der Waals surface area contributed by atoms with E-state index in [-0.39, 0.29) is 107 Å². The van der Waals surface area contributed by atoms with Crippen molar-refractivity contribution in [2.75, 3.05) is 75.9 Å². The lowest BCUT2D eigenvalue weighted by Gasteiger charge is -2.31. The largest absolute Gasteiger partial charge is 0.744 e. The van der Waals surface area contributed by atoms with Gasteiger partial charge in [0.25, 0.3) is 62.4 Å². The summed E-state index contributed by atoms with van der Waals surface area (Å²) >= 11 is 0. The molecule has 516 valence electrons. The summed E-state index contributed by atoms with van der Waals surface area (Å²) in [4.78, 5) is 44.3. The van der Waals surface area contributed by atoms with Crippen LogP contribution in [0.4, 0.5) is 11.4 Å². The third kappa shape index (κ3) is 16.8. The number of imide groups is 1. The summed E-state index contributed by atoms with van der Waals surface area (Å²) in [6.45, 7) is 4.27. The molecule has 2 unspecified atom stereocenters. The van der Waals surface area contributed by atoms with E-state index in [1.807, 2.05) is 24.5 Å². The fourth-order valence-electron chi connectivity index (χ4n) is 12.1. The van der Waals surface area contributed by atoms with Crippen LogP contribution in [0.2, 0.25) is 0 Å². The van der Waals surface area contributed by atoms with Crippen LogP contribution in [0.1, 0.15) is 99.2 Å². The SMILES string of the molecule is CCC[N+]1=C(/C=C/C(=C/C=C2/N(CCCS(=O)(=O)O)c3ccc4c(S(=O)(=O)O)cc(S(=O)(=O)O)cc4c3C2(C)CCOC)c2c(OCCCS(=O)(=O)O)cc(C(=O)ON3C(=O)CCC3=O)cc2OCCCS(=O)(=O)O)C(C)(CCOC)c2c1ccc1ccc(S(=O)(=O)[O-])cc21. The summed E-state index contributed by atoms with van der Waals surface area (Å²) in [5.74, 6) is -6.36. The molecule has 3 aliphatic rings. The van der Waals surface area contributed by atoms with E-state index in [0.29, 0.717) is 46.8 Å². The molecule has 8 rings (SSSR count). The Morgan fingerprint density at radius 3 is 1.75 bits per heavy atom. The first-order valence-corrected chi connectivity index (χ1v) is 38.3. The fourth-order valence-corrected chi connectivity index (χ4v) is 15.4. The number of fused-ring (bicyclic) bond motifs is 6. The highest BCUT2D eigenvalue weighted by molar-refractivity contribution is 7.87. The van der Waals surface area contributed by atoms with Crippen LogP contribution in [0.5, 0.6) is 11.5 Å². The number of amides is 2. The number of carbonyl (C=O) groups is 3. The molecule has 35 heteroatoms. The van der Waals surface area contributed by atoms with Gasteiger partial charge in [0.1, 0.15) is 33.1 Å². The number of rotatable bonds is 31. The molecule has 1 fully saturated rings. The van der Waals surface area contributed by atoms with Crippen LogP contribution in [0.3, 0.4) is 0 Å². The second kappa shape index (κ2) is 28.5. The Bertz CT molecular complexity index is 4700. The van der Waals surface area contributed by atoms with Crippen LogP contribution in [0.15, 0.2) is 111 Å². The molecule has 0 bridgehead atoms. The molecule has 5 aromatic carbocycles. The average molecular weight is 1440 g/mol. The number of methoxy groups -OCH3 is 2. The van der Waals surface area contributed by atoms with Crippen molar-refractivity contribution in [1.82, 2.24) is 5.06 Å². The summed E-state index contributed by atoms with van der Waals surface area (Å²) in [7, 11) is -26.7. The highest BCUT2D eigenvalue weighted by Gasteiger charge is 2.49. The van der Waals surface area contributed by atoms with E-state index in [1.165, 1.54) is 62.8 Å². The van der Waals surface area contributed by atoms with Crippen LogP contribution >= 0.6 is 0 Å². The maximum absolute atomic E-state index is 14.3. The zero-order valence-corrected chi connectivity index (χ0v) is 56.7. The number of allylic oxidation sites excluding steroid dienone is 6. The first-order chi connectivity index (χ1) is 44.2. The standard InChI is InChI=1S/C60H69N3O26S6/c1-6-24-61-46-16-11-38-10-14-41(93(76,77)78)35-44(38)56(46)59(2,22-28-85-4)51(61)18-12-39(55-48(87-26-8-31-91(70,71)72)33-40(34-49(55)88-27-9-32-92(73,74)75)58(66)89-63-53(64)20-21-54(63)65)13-19-52-60(3,23-29-86-5)57-45-36-42(94(79,80)81)37-50(95(82,83)84)43(45)15-17-47(57)62(52)25-7-30-90(67,68)69/h10-19,33-37H,6-9,20-32H2,1-5H3,(H5-,67,68,69,70,71,72,73,74,75,76,77,78,79,80,81,82,83,84). The van der Waals surface area contributed by atoms with Gasteiger partial charge in [-0.3, -0.25) is 32.4 Å². The molecule has 0 aromatic heterocycles. The molecule has 1 saturated heterocycles. The second-order valence-corrected chi connectivity index (χ2v) is 31.9. The van der Waals surface area contributed by atoms with Crippen molar-refractivity contribution in [3.63, 3.8) is 0 Å². The van der Waals surface area contributed by atoms with Gasteiger partial charge in [-0.15, -0.1) is 5.06 Å². The van der Waals surface area contributed by atoms with E-state index in [0.717, 1.165) is 18.2 Å². The summed E-state index contributed by atoms with van der Waals surface area (Å²) < 4.78 is 240. The summed E-state index contributed by atoms with van der Waals surface area (Å²) in [6, 6.07) is 13.9. The van der Waals surface area contributed by atoms with Gasteiger partial charge in [-0.05, 0) is 134 Å². The average Bonchev–Trinajstić information content (AvgIpc) is 1.59. The molecule has 3 aliphatic heterocycles. The molecule has 0 aliphatic carbocycles. The molecule has 5 N–H and O–H groups in total. The van der Waals surface area contributed by atoms with Crippen LogP contribution in [-0.2, 0) is 95.4 Å². The minimum atomic E-state index is -5.28. The van der Waals surface area contributed by atoms with Gasteiger partial charge in [0.2, 0.25) is 5.69 Å². The Morgan fingerprint density at radius 1 is 0.653 bits per heavy atom. The molecule has 2 amide bonds. The molecule has 2 atom stereocenters. The van der Waals surface area contributed by atoms with Crippen molar-refractivity contribution in [3.8, 4) is 11.5 Å². The third-order valence-electron chi connectivity index (χ3n) is 16.3. The molecule has 0 saturated carbocycles. The molecular formula is C60H69N3O26S6. The van der Waals surface area contributed by atoms with Crippen molar-refractivity contribution in [2.24, 2.45) is 0 Å². The first kappa shape index (κ1) is 73.7. The topological polar surface area (TPSA) is 436 Å². The van der Waals surface area contributed by atoms with E-state index in [4.69, 9.17) is 23.8 Å². The van der Waals surface area contributed by atoms with Gasteiger partial charge in [0.15, 0.2) is 5.71 Å². The van der Waals surface area contributed by atoms with Gasteiger partial charge in [0, 0.05) is 93.1 Å². The van der Waals surface area contributed by atoms with Gasteiger partial charge in [-0.2, -0.15) is 46.7 Å². The molecule has 0 radical (unpaired) electrons. The van der Waals surface area contributed by atoms with Crippen molar-refractivity contribution >= 4 is 123 Å². The van der Waals surface area contributed by atoms with E-state index in [2.05, 4.69) is 0 Å². The van der Waals surface area contributed by atoms with Crippen molar-refractivity contribution in [2.45, 2.75) is 97.7 Å². The number of benzene rings is 5. The Labute approximate surface area is 549 Å². The number of hydroxylamine groups is 2. The monoisotopic (exact) mass is 1440 g/mol. The van der Waals surface area contributed by atoms with E-state index in [1.54, 1.807) is 24.0 Å². The fraction of sp³-hybridized carbons (Fsp3) is 0.400. The van der Waals surface area contributed by atoms with Crippen LogP contribution < -0.4 is 14.4 Å². The quantitative estimate of drug-likeness (QED) is 0.0106. The zero-order chi connectivity index (χ0) is 70.0.